The summed E-state index contributed by atoms with van der Waals surface area (Å²) in [4.78, 5) is 0. The molecule has 0 aliphatic carbocycles. The number of halogens is 1. The van der Waals surface area contributed by atoms with Gasteiger partial charge in [-0.25, -0.2) is 4.39 Å². The van der Waals surface area contributed by atoms with Crippen LogP contribution in [0.25, 0.3) is 0 Å². The predicted octanol–water partition coefficient (Wildman–Crippen LogP) is 1.52. The van der Waals surface area contributed by atoms with Crippen LogP contribution in [0, 0.1) is 12.7 Å². The number of hydrogen-bond acceptors (Lipinski definition) is 2. The molecule has 0 aromatic heterocycles. The van der Waals surface area contributed by atoms with E-state index in [9.17, 15) is 9.50 Å². The summed E-state index contributed by atoms with van der Waals surface area (Å²) in [6, 6.07) is 4.36. The van der Waals surface area contributed by atoms with Gasteiger partial charge in [0.15, 0.2) is 0 Å². The Hall–Kier alpha value is -0.930. The molecule has 0 saturated carbocycles. The van der Waals surface area contributed by atoms with Crippen LogP contribution in [0.2, 0.25) is 0 Å². The summed E-state index contributed by atoms with van der Waals surface area (Å²) in [7, 11) is 0. The van der Waals surface area contributed by atoms with Crippen molar-refractivity contribution in [2.75, 3.05) is 6.54 Å². The van der Waals surface area contributed by atoms with Gasteiger partial charge in [-0.3, -0.25) is 0 Å². The molecule has 3 heteroatoms. The van der Waals surface area contributed by atoms with Gasteiger partial charge < -0.3 is 10.8 Å². The lowest BCUT2D eigenvalue weighted by Gasteiger charge is -2.12. The largest absolute Gasteiger partial charge is 0.388 e. The molecule has 0 unspecified atom stereocenters. The van der Waals surface area contributed by atoms with Gasteiger partial charge in [-0.1, -0.05) is 6.07 Å². The molecule has 2 nitrogen and oxygen atoms in total. The van der Waals surface area contributed by atoms with Crippen LogP contribution in [0.3, 0.4) is 0 Å². The average Bonchev–Trinajstić information content (AvgIpc) is 2.04. The second-order valence-electron chi connectivity index (χ2n) is 3.09. The lowest BCUT2D eigenvalue weighted by molar-refractivity contribution is 0.169. The Balaban J connectivity index is 2.88. The van der Waals surface area contributed by atoms with Gasteiger partial charge in [-0.05, 0) is 43.1 Å². The Kier molecular flexibility index (Phi) is 3.39. The fraction of sp³-hybridized carbons (Fsp3) is 0.400. The Bertz CT molecular complexity index is 288. The number of aryl methyl sites for hydroxylation is 1. The van der Waals surface area contributed by atoms with E-state index in [-0.39, 0.29) is 5.82 Å². The first-order valence-electron chi connectivity index (χ1n) is 4.29. The molecule has 0 aliphatic heterocycles. The molecule has 0 aliphatic rings. The van der Waals surface area contributed by atoms with Crippen LogP contribution in [0.1, 0.15) is 23.7 Å². The number of benzene rings is 1. The first kappa shape index (κ1) is 10.2. The van der Waals surface area contributed by atoms with E-state index in [2.05, 4.69) is 0 Å². The van der Waals surface area contributed by atoms with Crippen LogP contribution in [-0.4, -0.2) is 11.7 Å². The van der Waals surface area contributed by atoms with Gasteiger partial charge in [0, 0.05) is 0 Å². The highest BCUT2D eigenvalue weighted by molar-refractivity contribution is 5.28. The molecular formula is C10H14FNO. The van der Waals surface area contributed by atoms with Crippen LogP contribution in [-0.2, 0) is 0 Å². The summed E-state index contributed by atoms with van der Waals surface area (Å²) in [6.45, 7) is 2.20. The van der Waals surface area contributed by atoms with E-state index in [0.29, 0.717) is 13.0 Å². The lowest BCUT2D eigenvalue weighted by atomic mass is 10.0. The second kappa shape index (κ2) is 4.35. The molecule has 0 radical (unpaired) electrons. The van der Waals surface area contributed by atoms with Crippen LogP contribution in [0.15, 0.2) is 18.2 Å². The first-order chi connectivity index (χ1) is 6.15. The highest BCUT2D eigenvalue weighted by Gasteiger charge is 2.09. The summed E-state index contributed by atoms with van der Waals surface area (Å²) < 4.78 is 12.7. The molecule has 1 atom stereocenters. The van der Waals surface area contributed by atoms with Crippen molar-refractivity contribution in [2.24, 2.45) is 5.73 Å². The van der Waals surface area contributed by atoms with Gasteiger partial charge >= 0.3 is 0 Å². The predicted molar refractivity (Wildman–Crippen MR) is 49.8 cm³/mol. The minimum Gasteiger partial charge on any atom is -0.388 e. The SMILES string of the molecule is Cc1cc(F)ccc1[C@@H](O)CCN. The van der Waals surface area contributed by atoms with E-state index in [1.807, 2.05) is 0 Å². The number of nitrogens with two attached hydrogens (primary N) is 1. The third-order valence-corrected chi connectivity index (χ3v) is 2.03. The highest BCUT2D eigenvalue weighted by Crippen LogP contribution is 2.20. The van der Waals surface area contributed by atoms with Gasteiger partial charge in [-0.15, -0.1) is 0 Å². The number of hydrogen-bond donors (Lipinski definition) is 2. The Morgan fingerprint density at radius 2 is 2.23 bits per heavy atom. The summed E-state index contributed by atoms with van der Waals surface area (Å²) in [5.74, 6) is -0.277. The van der Waals surface area contributed by atoms with E-state index in [1.54, 1.807) is 13.0 Å². The van der Waals surface area contributed by atoms with Gasteiger partial charge in [0.2, 0.25) is 0 Å². The molecule has 13 heavy (non-hydrogen) atoms. The summed E-state index contributed by atoms with van der Waals surface area (Å²) >= 11 is 0. The molecule has 0 amide bonds. The van der Waals surface area contributed by atoms with Crippen molar-refractivity contribution in [3.8, 4) is 0 Å². The Morgan fingerprint density at radius 3 is 2.77 bits per heavy atom. The van der Waals surface area contributed by atoms with Crippen molar-refractivity contribution < 1.29 is 9.50 Å². The Labute approximate surface area is 77.2 Å². The van der Waals surface area contributed by atoms with Crippen LogP contribution in [0.4, 0.5) is 4.39 Å². The molecule has 72 valence electrons. The van der Waals surface area contributed by atoms with Crippen molar-refractivity contribution in [3.63, 3.8) is 0 Å². The second-order valence-corrected chi connectivity index (χ2v) is 3.09. The molecule has 1 rings (SSSR count). The highest BCUT2D eigenvalue weighted by atomic mass is 19.1. The van der Waals surface area contributed by atoms with E-state index in [0.717, 1.165) is 11.1 Å². The summed E-state index contributed by atoms with van der Waals surface area (Å²) in [6.07, 6.45) is -0.0717. The molecule has 1 aromatic carbocycles. The van der Waals surface area contributed by atoms with E-state index in [4.69, 9.17) is 5.73 Å². The Morgan fingerprint density at radius 1 is 1.54 bits per heavy atom. The smallest absolute Gasteiger partial charge is 0.123 e. The van der Waals surface area contributed by atoms with Crippen LogP contribution >= 0.6 is 0 Å². The maximum Gasteiger partial charge on any atom is 0.123 e. The van der Waals surface area contributed by atoms with Crippen molar-refractivity contribution in [1.29, 1.82) is 0 Å². The van der Waals surface area contributed by atoms with Crippen molar-refractivity contribution >= 4 is 0 Å². The fourth-order valence-corrected chi connectivity index (χ4v) is 1.33. The normalized spacial score (nSPS) is 12.9. The standard InChI is InChI=1S/C10H14FNO/c1-7-6-8(11)2-3-9(7)10(13)4-5-12/h2-3,6,10,13H,4-5,12H2,1H3/t10-/m0/s1. The van der Waals surface area contributed by atoms with Crippen molar-refractivity contribution in [1.82, 2.24) is 0 Å². The van der Waals surface area contributed by atoms with E-state index >= 15 is 0 Å². The van der Waals surface area contributed by atoms with Gasteiger partial charge in [0.05, 0.1) is 6.10 Å². The van der Waals surface area contributed by atoms with Gasteiger partial charge in [0.25, 0.3) is 0 Å². The summed E-state index contributed by atoms with van der Waals surface area (Å²) in [5, 5.41) is 9.59. The zero-order valence-electron chi connectivity index (χ0n) is 7.63. The van der Waals surface area contributed by atoms with Crippen molar-refractivity contribution in [2.45, 2.75) is 19.4 Å². The van der Waals surface area contributed by atoms with Crippen LogP contribution < -0.4 is 5.73 Å². The molecule has 0 spiro atoms. The molecule has 0 bridgehead atoms. The van der Waals surface area contributed by atoms with Gasteiger partial charge in [-0.2, -0.15) is 0 Å². The van der Waals surface area contributed by atoms with E-state index in [1.165, 1.54) is 12.1 Å². The molecule has 1 aromatic rings. The fourth-order valence-electron chi connectivity index (χ4n) is 1.33. The quantitative estimate of drug-likeness (QED) is 0.746. The molecule has 0 saturated heterocycles. The maximum absolute atomic E-state index is 12.7. The topological polar surface area (TPSA) is 46.2 Å². The number of aliphatic hydroxyl groups excluding tert-OH is 1. The lowest BCUT2D eigenvalue weighted by Crippen LogP contribution is -2.07. The zero-order valence-corrected chi connectivity index (χ0v) is 7.63. The van der Waals surface area contributed by atoms with E-state index < -0.39 is 6.10 Å². The van der Waals surface area contributed by atoms with Gasteiger partial charge in [0.1, 0.15) is 5.82 Å². The van der Waals surface area contributed by atoms with Crippen LogP contribution in [0.5, 0.6) is 0 Å². The first-order valence-corrected chi connectivity index (χ1v) is 4.29. The number of rotatable bonds is 3. The van der Waals surface area contributed by atoms with Crippen molar-refractivity contribution in [3.05, 3.63) is 35.1 Å². The minimum absolute atomic E-state index is 0.277. The average molecular weight is 183 g/mol. The third kappa shape index (κ3) is 2.50. The molecule has 0 fully saturated rings. The zero-order chi connectivity index (χ0) is 9.84. The molecule has 3 N–H and O–H groups in total. The molecular weight excluding hydrogens is 169 g/mol. The monoisotopic (exact) mass is 183 g/mol. The minimum atomic E-state index is -0.578. The number of aliphatic hydroxyl groups is 1. The summed E-state index contributed by atoms with van der Waals surface area (Å²) in [5.41, 5.74) is 6.83. The maximum atomic E-state index is 12.7. The molecule has 0 heterocycles. The third-order valence-electron chi connectivity index (χ3n) is 2.03.